The van der Waals surface area contributed by atoms with Crippen molar-refractivity contribution in [2.45, 2.75) is 5.33 Å². The molecule has 0 amide bonds. The van der Waals surface area contributed by atoms with Crippen LogP contribution in [0.25, 0.3) is 10.9 Å². The predicted molar refractivity (Wildman–Crippen MR) is 57.2 cm³/mol. The minimum absolute atomic E-state index is 0.337. The highest BCUT2D eigenvalue weighted by atomic mass is 79.9. The van der Waals surface area contributed by atoms with Crippen LogP contribution in [0, 0.1) is 5.82 Å². The maximum Gasteiger partial charge on any atom is 0.284 e. The Hall–Kier alpha value is -1.16. The lowest BCUT2D eigenvalue weighted by Crippen LogP contribution is -2.13. The molecule has 0 bridgehead atoms. The fraction of sp³-hybridized carbons (Fsp3) is 0.100. The first kappa shape index (κ1) is 9.40. The zero-order valence-corrected chi connectivity index (χ0v) is 8.77. The van der Waals surface area contributed by atoms with Crippen LogP contribution in [-0.2, 0) is 5.33 Å². The number of nitrogens with one attached hydrogen (secondary N) is 1. The maximum atomic E-state index is 13.4. The summed E-state index contributed by atoms with van der Waals surface area (Å²) in [6.45, 7) is 0. The molecule has 0 spiro atoms. The highest BCUT2D eigenvalue weighted by Crippen LogP contribution is 2.19. The number of pyridine rings is 1. The minimum atomic E-state index is -0.708. The number of para-hydroxylation sites is 1. The number of hydrogen-bond acceptors (Lipinski definition) is 1. The third-order valence-corrected chi connectivity index (χ3v) is 2.66. The lowest BCUT2D eigenvalue weighted by atomic mass is 10.1. The molecular weight excluding hydrogens is 249 g/mol. The second-order valence-corrected chi connectivity index (χ2v) is 3.49. The highest BCUT2D eigenvalue weighted by molar-refractivity contribution is 9.08. The van der Waals surface area contributed by atoms with Crippen LogP contribution in [0.5, 0.6) is 0 Å². The number of rotatable bonds is 1. The summed E-state index contributed by atoms with van der Waals surface area (Å²) < 4.78 is 13.4. The SMILES string of the molecule is O=c1[nH]c2ccccc2c(CBr)c1F. The molecule has 0 aliphatic carbocycles. The van der Waals surface area contributed by atoms with E-state index in [0.717, 1.165) is 5.39 Å². The summed E-state index contributed by atoms with van der Waals surface area (Å²) in [6, 6.07) is 7.15. The Bertz CT molecular complexity index is 535. The molecule has 1 aromatic heterocycles. The summed E-state index contributed by atoms with van der Waals surface area (Å²) in [5, 5.41) is 1.07. The summed E-state index contributed by atoms with van der Waals surface area (Å²) in [4.78, 5) is 13.6. The van der Waals surface area contributed by atoms with Crippen LogP contribution >= 0.6 is 15.9 Å². The Morgan fingerprint density at radius 2 is 2.07 bits per heavy atom. The van der Waals surface area contributed by atoms with Crippen molar-refractivity contribution in [1.82, 2.24) is 4.98 Å². The molecule has 0 aliphatic rings. The van der Waals surface area contributed by atoms with Crippen LogP contribution in [0.15, 0.2) is 29.1 Å². The molecule has 2 rings (SSSR count). The van der Waals surface area contributed by atoms with Gasteiger partial charge in [0.1, 0.15) is 0 Å². The summed E-state index contributed by atoms with van der Waals surface area (Å²) in [6.07, 6.45) is 0. The van der Waals surface area contributed by atoms with Crippen molar-refractivity contribution < 1.29 is 4.39 Å². The quantitative estimate of drug-likeness (QED) is 0.781. The normalized spacial score (nSPS) is 10.7. The van der Waals surface area contributed by atoms with Gasteiger partial charge in [-0.1, -0.05) is 34.1 Å². The first-order valence-corrected chi connectivity index (χ1v) is 5.21. The molecule has 72 valence electrons. The second kappa shape index (κ2) is 3.53. The van der Waals surface area contributed by atoms with Crippen molar-refractivity contribution in [3.63, 3.8) is 0 Å². The van der Waals surface area contributed by atoms with Gasteiger partial charge in [0.05, 0.1) is 0 Å². The molecule has 1 aromatic carbocycles. The van der Waals surface area contributed by atoms with E-state index in [1.807, 2.05) is 6.07 Å². The van der Waals surface area contributed by atoms with E-state index in [1.54, 1.807) is 18.2 Å². The fourth-order valence-corrected chi connectivity index (χ4v) is 1.97. The topological polar surface area (TPSA) is 32.9 Å². The van der Waals surface area contributed by atoms with E-state index in [1.165, 1.54) is 0 Å². The molecule has 2 aromatic rings. The molecule has 0 aliphatic heterocycles. The molecule has 4 heteroatoms. The number of hydrogen-bond donors (Lipinski definition) is 1. The van der Waals surface area contributed by atoms with Gasteiger partial charge >= 0.3 is 0 Å². The van der Waals surface area contributed by atoms with E-state index < -0.39 is 11.4 Å². The number of alkyl halides is 1. The molecule has 1 heterocycles. The van der Waals surface area contributed by atoms with Gasteiger partial charge in [-0.2, -0.15) is 0 Å². The van der Waals surface area contributed by atoms with Gasteiger partial charge in [0, 0.05) is 21.8 Å². The first-order chi connectivity index (χ1) is 6.74. The molecule has 14 heavy (non-hydrogen) atoms. The second-order valence-electron chi connectivity index (χ2n) is 2.93. The molecule has 2 nitrogen and oxygen atoms in total. The lowest BCUT2D eigenvalue weighted by molar-refractivity contribution is 0.602. The number of H-pyrrole nitrogens is 1. The Kier molecular flexibility index (Phi) is 2.37. The Morgan fingerprint density at radius 1 is 1.36 bits per heavy atom. The van der Waals surface area contributed by atoms with Gasteiger partial charge in [-0.3, -0.25) is 4.79 Å². The van der Waals surface area contributed by atoms with Crippen molar-refractivity contribution in [3.05, 3.63) is 46.0 Å². The van der Waals surface area contributed by atoms with E-state index in [2.05, 4.69) is 20.9 Å². The highest BCUT2D eigenvalue weighted by Gasteiger charge is 2.09. The Balaban J connectivity index is 2.96. The molecule has 1 N–H and O–H groups in total. The molecular formula is C10H7BrFNO. The van der Waals surface area contributed by atoms with Crippen molar-refractivity contribution in [2.75, 3.05) is 0 Å². The Morgan fingerprint density at radius 3 is 2.79 bits per heavy atom. The van der Waals surface area contributed by atoms with Gasteiger partial charge in [0.2, 0.25) is 0 Å². The van der Waals surface area contributed by atoms with Gasteiger partial charge in [0.25, 0.3) is 5.56 Å². The van der Waals surface area contributed by atoms with E-state index in [9.17, 15) is 9.18 Å². The largest absolute Gasteiger partial charge is 0.319 e. The average Bonchev–Trinajstić information content (AvgIpc) is 2.20. The zero-order valence-electron chi connectivity index (χ0n) is 7.18. The van der Waals surface area contributed by atoms with E-state index in [-0.39, 0.29) is 0 Å². The van der Waals surface area contributed by atoms with Gasteiger partial charge in [-0.15, -0.1) is 0 Å². The van der Waals surface area contributed by atoms with Crippen molar-refractivity contribution in [1.29, 1.82) is 0 Å². The number of fused-ring (bicyclic) bond motifs is 1. The fourth-order valence-electron chi connectivity index (χ4n) is 1.42. The van der Waals surface area contributed by atoms with Crippen LogP contribution in [0.1, 0.15) is 5.56 Å². The summed E-state index contributed by atoms with van der Waals surface area (Å²) in [5.74, 6) is -0.708. The molecule has 0 unspecified atom stereocenters. The molecule has 0 atom stereocenters. The standard InChI is InChI=1S/C10H7BrFNO/c11-5-7-6-3-1-2-4-8(6)13-10(14)9(7)12/h1-4H,5H2,(H,13,14). The third kappa shape index (κ3) is 1.35. The van der Waals surface area contributed by atoms with Crippen molar-refractivity contribution in [3.8, 4) is 0 Å². The minimum Gasteiger partial charge on any atom is -0.319 e. The Labute approximate surface area is 87.9 Å². The zero-order chi connectivity index (χ0) is 10.1. The van der Waals surface area contributed by atoms with Crippen molar-refractivity contribution >= 4 is 26.8 Å². The van der Waals surface area contributed by atoms with E-state index >= 15 is 0 Å². The maximum absolute atomic E-state index is 13.4. The van der Waals surface area contributed by atoms with Crippen LogP contribution in [0.3, 0.4) is 0 Å². The molecule has 0 saturated carbocycles. The van der Waals surface area contributed by atoms with Crippen molar-refractivity contribution in [2.24, 2.45) is 0 Å². The number of aromatic amines is 1. The molecule has 0 fully saturated rings. The van der Waals surface area contributed by atoms with Crippen LogP contribution < -0.4 is 5.56 Å². The van der Waals surface area contributed by atoms with Gasteiger partial charge in [-0.25, -0.2) is 4.39 Å². The summed E-state index contributed by atoms with van der Waals surface area (Å²) in [5.41, 5.74) is 0.399. The van der Waals surface area contributed by atoms with Crippen LogP contribution in [-0.4, -0.2) is 4.98 Å². The third-order valence-electron chi connectivity index (χ3n) is 2.10. The summed E-state index contributed by atoms with van der Waals surface area (Å²) >= 11 is 3.17. The number of benzene rings is 1. The number of halogens is 2. The monoisotopic (exact) mass is 255 g/mol. The molecule has 0 saturated heterocycles. The smallest absolute Gasteiger partial charge is 0.284 e. The van der Waals surface area contributed by atoms with E-state index in [4.69, 9.17) is 0 Å². The van der Waals surface area contributed by atoms with Crippen LogP contribution in [0.4, 0.5) is 4.39 Å². The predicted octanol–water partition coefficient (Wildman–Crippen LogP) is 2.56. The van der Waals surface area contributed by atoms with Gasteiger partial charge in [0.15, 0.2) is 5.82 Å². The van der Waals surface area contributed by atoms with Gasteiger partial charge in [-0.05, 0) is 6.07 Å². The lowest BCUT2D eigenvalue weighted by Gasteiger charge is -2.03. The number of aromatic nitrogens is 1. The average molecular weight is 256 g/mol. The first-order valence-electron chi connectivity index (χ1n) is 4.09. The van der Waals surface area contributed by atoms with Crippen LogP contribution in [0.2, 0.25) is 0 Å². The summed E-state index contributed by atoms with van der Waals surface area (Å²) in [7, 11) is 0. The molecule has 0 radical (unpaired) electrons. The van der Waals surface area contributed by atoms with Gasteiger partial charge < -0.3 is 4.98 Å². The van der Waals surface area contributed by atoms with E-state index in [0.29, 0.717) is 16.4 Å².